The number of halogens is 1. The van der Waals surface area contributed by atoms with E-state index in [0.29, 0.717) is 10.7 Å². The number of benzene rings is 1. The molecule has 0 aliphatic carbocycles. The van der Waals surface area contributed by atoms with Crippen LogP contribution in [0.3, 0.4) is 0 Å². The molecule has 0 bridgehead atoms. The number of phenols is 1. The van der Waals surface area contributed by atoms with Gasteiger partial charge in [-0.05, 0) is 30.3 Å². The second-order valence-corrected chi connectivity index (χ2v) is 5.67. The summed E-state index contributed by atoms with van der Waals surface area (Å²) >= 11 is 7.12. The van der Waals surface area contributed by atoms with Crippen LogP contribution >= 0.6 is 22.9 Å². The van der Waals surface area contributed by atoms with Gasteiger partial charge in [-0.2, -0.15) is 0 Å². The Labute approximate surface area is 135 Å². The van der Waals surface area contributed by atoms with Gasteiger partial charge >= 0.3 is 0 Å². The van der Waals surface area contributed by atoms with Crippen molar-refractivity contribution in [3.63, 3.8) is 0 Å². The van der Waals surface area contributed by atoms with Crippen molar-refractivity contribution in [2.45, 2.75) is 0 Å². The lowest BCUT2D eigenvalue weighted by Gasteiger charge is -2.03. The number of nitrogens with one attached hydrogen (secondary N) is 1. The Morgan fingerprint density at radius 2 is 2.18 bits per heavy atom. The summed E-state index contributed by atoms with van der Waals surface area (Å²) in [5, 5.41) is 14.5. The zero-order valence-electron chi connectivity index (χ0n) is 11.2. The lowest BCUT2D eigenvalue weighted by molar-refractivity contribution is 0.102. The highest BCUT2D eigenvalue weighted by atomic mass is 35.5. The Balaban J connectivity index is 1.77. The number of pyridine rings is 1. The third-order valence-corrected chi connectivity index (χ3v) is 3.95. The van der Waals surface area contributed by atoms with Crippen LogP contribution in [-0.4, -0.2) is 21.0 Å². The molecule has 0 saturated heterocycles. The van der Waals surface area contributed by atoms with Gasteiger partial charge in [-0.1, -0.05) is 11.6 Å². The smallest absolute Gasteiger partial charge is 0.257 e. The van der Waals surface area contributed by atoms with E-state index in [2.05, 4.69) is 15.3 Å². The Kier molecular flexibility index (Phi) is 4.04. The molecule has 3 rings (SSSR count). The number of carbonyl (C=O) groups excluding carboxylic acids is 1. The number of aromatic hydroxyl groups is 1. The van der Waals surface area contributed by atoms with Gasteiger partial charge in [0, 0.05) is 28.9 Å². The summed E-state index contributed by atoms with van der Waals surface area (Å²) in [5.74, 6) is -0.402. The van der Waals surface area contributed by atoms with Crippen LogP contribution in [0.5, 0.6) is 5.75 Å². The van der Waals surface area contributed by atoms with Gasteiger partial charge in [0.25, 0.3) is 5.91 Å². The van der Waals surface area contributed by atoms with Gasteiger partial charge in [-0.3, -0.25) is 15.1 Å². The van der Waals surface area contributed by atoms with Gasteiger partial charge in [0.1, 0.15) is 5.75 Å². The summed E-state index contributed by atoms with van der Waals surface area (Å²) in [4.78, 5) is 20.5. The van der Waals surface area contributed by atoms with E-state index in [1.54, 1.807) is 12.4 Å². The molecule has 7 heteroatoms. The van der Waals surface area contributed by atoms with E-state index in [-0.39, 0.29) is 16.7 Å². The van der Waals surface area contributed by atoms with Crippen LogP contribution in [0, 0.1) is 0 Å². The summed E-state index contributed by atoms with van der Waals surface area (Å²) in [7, 11) is 0. The molecule has 0 atom stereocenters. The molecule has 0 radical (unpaired) electrons. The number of thiazole rings is 1. The number of hydrogen-bond donors (Lipinski definition) is 2. The van der Waals surface area contributed by atoms with E-state index in [9.17, 15) is 9.90 Å². The van der Waals surface area contributed by atoms with E-state index in [4.69, 9.17) is 11.6 Å². The summed E-state index contributed by atoms with van der Waals surface area (Å²) in [6.45, 7) is 0. The molecule has 0 unspecified atom stereocenters. The molecule has 3 aromatic rings. The van der Waals surface area contributed by atoms with Gasteiger partial charge in [-0.25, -0.2) is 4.98 Å². The molecule has 1 aromatic carbocycles. The molecule has 0 fully saturated rings. The van der Waals surface area contributed by atoms with E-state index in [0.717, 1.165) is 11.3 Å². The van der Waals surface area contributed by atoms with Crippen LogP contribution in [0.25, 0.3) is 11.3 Å². The van der Waals surface area contributed by atoms with Crippen molar-refractivity contribution in [3.8, 4) is 17.0 Å². The molecule has 2 aromatic heterocycles. The van der Waals surface area contributed by atoms with Gasteiger partial charge in [0.2, 0.25) is 0 Å². The van der Waals surface area contributed by atoms with Crippen LogP contribution in [0.4, 0.5) is 5.13 Å². The minimum absolute atomic E-state index is 0.0636. The Hall–Kier alpha value is -2.44. The summed E-state index contributed by atoms with van der Waals surface area (Å²) in [6.07, 6.45) is 3.40. The van der Waals surface area contributed by atoms with Crippen LogP contribution in [-0.2, 0) is 0 Å². The van der Waals surface area contributed by atoms with Crippen molar-refractivity contribution in [2.24, 2.45) is 0 Å². The maximum atomic E-state index is 12.1. The van der Waals surface area contributed by atoms with Crippen LogP contribution in [0.15, 0.2) is 48.1 Å². The molecule has 0 spiro atoms. The quantitative estimate of drug-likeness (QED) is 0.765. The third-order valence-electron chi connectivity index (χ3n) is 2.89. The topological polar surface area (TPSA) is 75.1 Å². The zero-order valence-corrected chi connectivity index (χ0v) is 12.7. The zero-order chi connectivity index (χ0) is 15.5. The predicted molar refractivity (Wildman–Crippen MR) is 86.4 cm³/mol. The van der Waals surface area contributed by atoms with Crippen molar-refractivity contribution in [2.75, 3.05) is 5.32 Å². The lowest BCUT2D eigenvalue weighted by Crippen LogP contribution is -2.11. The van der Waals surface area contributed by atoms with Crippen LogP contribution < -0.4 is 5.32 Å². The highest BCUT2D eigenvalue weighted by Gasteiger charge is 2.11. The largest absolute Gasteiger partial charge is 0.506 e. The molecule has 0 aliphatic rings. The highest BCUT2D eigenvalue weighted by Crippen LogP contribution is 2.26. The standard InChI is InChI=1S/C15H10ClN3O2S/c16-11-6-9(3-4-13(11)20)14(21)19-15-18-12(8-22-15)10-2-1-5-17-7-10/h1-8,20H,(H,18,19,21). The number of aromatic nitrogens is 2. The highest BCUT2D eigenvalue weighted by molar-refractivity contribution is 7.14. The lowest BCUT2D eigenvalue weighted by atomic mass is 10.2. The second-order valence-electron chi connectivity index (χ2n) is 4.40. The summed E-state index contributed by atoms with van der Waals surface area (Å²) < 4.78 is 0. The number of rotatable bonds is 3. The van der Waals surface area contributed by atoms with E-state index >= 15 is 0 Å². The Morgan fingerprint density at radius 3 is 2.91 bits per heavy atom. The molecule has 2 N–H and O–H groups in total. The van der Waals surface area contributed by atoms with Crippen LogP contribution in [0.2, 0.25) is 5.02 Å². The number of carbonyl (C=O) groups is 1. The van der Waals surface area contributed by atoms with E-state index in [1.807, 2.05) is 17.5 Å². The van der Waals surface area contributed by atoms with Crippen molar-refractivity contribution in [1.29, 1.82) is 0 Å². The molecular weight excluding hydrogens is 322 g/mol. The Morgan fingerprint density at radius 1 is 1.32 bits per heavy atom. The average molecular weight is 332 g/mol. The normalized spacial score (nSPS) is 10.4. The predicted octanol–water partition coefficient (Wildman–Crippen LogP) is 3.82. The fourth-order valence-electron chi connectivity index (χ4n) is 1.80. The first kappa shape index (κ1) is 14.5. The van der Waals surface area contributed by atoms with Crippen molar-refractivity contribution >= 4 is 34.0 Å². The molecule has 1 amide bonds. The molecule has 0 saturated carbocycles. The SMILES string of the molecule is O=C(Nc1nc(-c2cccnc2)cs1)c1ccc(O)c(Cl)c1. The number of amides is 1. The van der Waals surface area contributed by atoms with Crippen molar-refractivity contribution in [3.05, 3.63) is 58.7 Å². The summed E-state index contributed by atoms with van der Waals surface area (Å²) in [6, 6.07) is 7.99. The molecule has 5 nitrogen and oxygen atoms in total. The minimum atomic E-state index is -0.339. The minimum Gasteiger partial charge on any atom is -0.506 e. The molecule has 0 aliphatic heterocycles. The Bertz CT molecular complexity index is 821. The number of anilines is 1. The number of hydrogen-bond acceptors (Lipinski definition) is 5. The van der Waals surface area contributed by atoms with Crippen molar-refractivity contribution in [1.82, 2.24) is 9.97 Å². The summed E-state index contributed by atoms with van der Waals surface area (Å²) in [5.41, 5.74) is 1.98. The third kappa shape index (κ3) is 3.08. The monoisotopic (exact) mass is 331 g/mol. The first-order valence-corrected chi connectivity index (χ1v) is 7.55. The first-order chi connectivity index (χ1) is 10.6. The van der Waals surface area contributed by atoms with Gasteiger partial charge in [-0.15, -0.1) is 11.3 Å². The number of nitrogens with zero attached hydrogens (tertiary/aromatic N) is 2. The maximum Gasteiger partial charge on any atom is 0.257 e. The second kappa shape index (κ2) is 6.13. The van der Waals surface area contributed by atoms with Gasteiger partial charge in [0.05, 0.1) is 10.7 Å². The molecular formula is C15H10ClN3O2S. The van der Waals surface area contributed by atoms with E-state index in [1.165, 1.54) is 29.5 Å². The molecule has 110 valence electrons. The van der Waals surface area contributed by atoms with E-state index < -0.39 is 0 Å². The fraction of sp³-hybridized carbons (Fsp3) is 0. The van der Waals surface area contributed by atoms with Crippen molar-refractivity contribution < 1.29 is 9.90 Å². The first-order valence-electron chi connectivity index (χ1n) is 6.29. The van der Waals surface area contributed by atoms with Gasteiger partial charge < -0.3 is 5.11 Å². The van der Waals surface area contributed by atoms with Crippen LogP contribution in [0.1, 0.15) is 10.4 Å². The molecule has 22 heavy (non-hydrogen) atoms. The number of phenolic OH excluding ortho intramolecular Hbond substituents is 1. The fourth-order valence-corrected chi connectivity index (χ4v) is 2.69. The molecule has 2 heterocycles. The van der Waals surface area contributed by atoms with Gasteiger partial charge in [0.15, 0.2) is 5.13 Å². The average Bonchev–Trinajstić information content (AvgIpc) is 2.99. The maximum absolute atomic E-state index is 12.1.